The van der Waals surface area contributed by atoms with Crippen molar-refractivity contribution >= 4 is 37.5 Å². The van der Waals surface area contributed by atoms with Gasteiger partial charge in [0.05, 0.1) is 4.90 Å². The van der Waals surface area contributed by atoms with E-state index in [9.17, 15) is 17.6 Å². The summed E-state index contributed by atoms with van der Waals surface area (Å²) in [5.74, 6) is -0.721. The summed E-state index contributed by atoms with van der Waals surface area (Å²) in [7, 11) is -3.77. The highest BCUT2D eigenvalue weighted by atomic mass is 79.9. The summed E-state index contributed by atoms with van der Waals surface area (Å²) in [5.41, 5.74) is 0.659. The van der Waals surface area contributed by atoms with Crippen LogP contribution in [0.5, 0.6) is 0 Å². The molecule has 1 amide bonds. The third-order valence-electron chi connectivity index (χ3n) is 4.54. The quantitative estimate of drug-likeness (QED) is 0.737. The lowest BCUT2D eigenvalue weighted by Gasteiger charge is -2.34. The third kappa shape index (κ3) is 4.94. The molecule has 2 aromatic carbocycles. The fourth-order valence-corrected chi connectivity index (χ4v) is 5.15. The first-order chi connectivity index (χ1) is 12.9. The molecule has 0 aromatic heterocycles. The number of hydrogen-bond acceptors (Lipinski definition) is 3. The minimum Gasteiger partial charge on any atom is -0.326 e. The Kier molecular flexibility index (Phi) is 6.29. The maximum absolute atomic E-state index is 13.1. The van der Waals surface area contributed by atoms with Gasteiger partial charge in [0.2, 0.25) is 15.9 Å². The highest BCUT2D eigenvalue weighted by Crippen LogP contribution is 2.27. The number of sulfonamides is 1. The number of nitrogens with one attached hydrogen (secondary N) is 1. The van der Waals surface area contributed by atoms with E-state index in [1.54, 1.807) is 12.1 Å². The van der Waals surface area contributed by atoms with Gasteiger partial charge in [-0.15, -0.1) is 0 Å². The van der Waals surface area contributed by atoms with E-state index in [4.69, 9.17) is 0 Å². The average molecular weight is 455 g/mol. The molecule has 0 unspecified atom stereocenters. The lowest BCUT2D eigenvalue weighted by atomic mass is 10.0. The van der Waals surface area contributed by atoms with E-state index in [-0.39, 0.29) is 17.2 Å². The molecule has 1 aliphatic rings. The van der Waals surface area contributed by atoms with Crippen LogP contribution in [0, 0.1) is 5.82 Å². The van der Waals surface area contributed by atoms with E-state index in [0.717, 1.165) is 29.4 Å². The molecule has 0 aliphatic carbocycles. The summed E-state index contributed by atoms with van der Waals surface area (Å²) < 4.78 is 41.3. The van der Waals surface area contributed by atoms with Crippen LogP contribution in [0.2, 0.25) is 0 Å². The van der Waals surface area contributed by atoms with Crippen LogP contribution in [0.3, 0.4) is 0 Å². The first-order valence-electron chi connectivity index (χ1n) is 8.69. The van der Waals surface area contributed by atoms with Crippen LogP contribution in [0.1, 0.15) is 25.7 Å². The minimum atomic E-state index is -3.77. The van der Waals surface area contributed by atoms with E-state index in [1.807, 2.05) is 12.1 Å². The summed E-state index contributed by atoms with van der Waals surface area (Å²) >= 11 is 3.34. The van der Waals surface area contributed by atoms with Crippen LogP contribution in [-0.2, 0) is 14.8 Å². The van der Waals surface area contributed by atoms with Crippen molar-refractivity contribution < 1.29 is 17.6 Å². The first-order valence-corrected chi connectivity index (χ1v) is 10.9. The Bertz CT molecular complexity index is 902. The fourth-order valence-electron chi connectivity index (χ4n) is 3.20. The van der Waals surface area contributed by atoms with E-state index < -0.39 is 21.9 Å². The number of benzene rings is 2. The summed E-state index contributed by atoms with van der Waals surface area (Å²) in [6, 6.07) is 11.6. The van der Waals surface area contributed by atoms with Gasteiger partial charge in [-0.25, -0.2) is 12.8 Å². The van der Waals surface area contributed by atoms with Gasteiger partial charge in [-0.2, -0.15) is 4.31 Å². The standard InChI is InChI=1S/C19H20BrFN2O3S/c20-14-4-8-16(9-5-14)22-19(24)13-17-3-1-2-12-23(17)27(25,26)18-10-6-15(21)7-11-18/h4-11,17H,1-3,12-13H2,(H,22,24)/t17-/m0/s1. The van der Waals surface area contributed by atoms with Crippen LogP contribution in [-0.4, -0.2) is 31.2 Å². The molecule has 5 nitrogen and oxygen atoms in total. The lowest BCUT2D eigenvalue weighted by Crippen LogP contribution is -2.45. The zero-order valence-corrected chi connectivity index (χ0v) is 17.0. The van der Waals surface area contributed by atoms with E-state index in [0.29, 0.717) is 18.7 Å². The molecule has 1 heterocycles. The van der Waals surface area contributed by atoms with Crippen molar-refractivity contribution in [1.29, 1.82) is 0 Å². The van der Waals surface area contributed by atoms with Gasteiger partial charge in [-0.05, 0) is 61.4 Å². The molecule has 1 N–H and O–H groups in total. The molecule has 0 bridgehead atoms. The molecule has 2 aromatic rings. The maximum Gasteiger partial charge on any atom is 0.243 e. The monoisotopic (exact) mass is 454 g/mol. The zero-order valence-electron chi connectivity index (χ0n) is 14.6. The SMILES string of the molecule is O=C(C[C@@H]1CCCCN1S(=O)(=O)c1ccc(F)cc1)Nc1ccc(Br)cc1. The zero-order chi connectivity index (χ0) is 19.4. The van der Waals surface area contributed by atoms with Crippen molar-refractivity contribution in [2.45, 2.75) is 36.6 Å². The number of halogens is 2. The second-order valence-corrected chi connectivity index (χ2v) is 9.28. The summed E-state index contributed by atoms with van der Waals surface area (Å²) in [6.07, 6.45) is 2.31. The number of piperidine rings is 1. The van der Waals surface area contributed by atoms with Crippen molar-refractivity contribution in [3.63, 3.8) is 0 Å². The van der Waals surface area contributed by atoms with Gasteiger partial charge in [-0.1, -0.05) is 22.4 Å². The van der Waals surface area contributed by atoms with Gasteiger partial charge in [0.15, 0.2) is 0 Å². The number of hydrogen-bond donors (Lipinski definition) is 1. The third-order valence-corrected chi connectivity index (χ3v) is 7.04. The highest BCUT2D eigenvalue weighted by molar-refractivity contribution is 9.10. The molecule has 8 heteroatoms. The molecule has 1 aliphatic heterocycles. The van der Waals surface area contributed by atoms with Gasteiger partial charge >= 0.3 is 0 Å². The van der Waals surface area contributed by atoms with E-state index in [2.05, 4.69) is 21.2 Å². The largest absolute Gasteiger partial charge is 0.326 e. The normalized spacial score (nSPS) is 18.2. The summed E-state index contributed by atoms with van der Waals surface area (Å²) in [6.45, 7) is 0.357. The molecule has 0 saturated carbocycles. The van der Waals surface area contributed by atoms with Gasteiger partial charge < -0.3 is 5.32 Å². The molecule has 1 saturated heterocycles. The van der Waals surface area contributed by atoms with Crippen LogP contribution < -0.4 is 5.32 Å². The van der Waals surface area contributed by atoms with E-state index in [1.165, 1.54) is 16.4 Å². The van der Waals surface area contributed by atoms with Gasteiger partial charge in [0.25, 0.3) is 0 Å². The Balaban J connectivity index is 1.73. The lowest BCUT2D eigenvalue weighted by molar-refractivity contribution is -0.117. The molecule has 1 atom stereocenters. The Morgan fingerprint density at radius 3 is 2.44 bits per heavy atom. The second-order valence-electron chi connectivity index (χ2n) is 6.48. The van der Waals surface area contributed by atoms with Crippen LogP contribution in [0.15, 0.2) is 57.9 Å². The van der Waals surface area contributed by atoms with E-state index >= 15 is 0 Å². The number of amides is 1. The minimum absolute atomic E-state index is 0.0455. The predicted molar refractivity (Wildman–Crippen MR) is 105 cm³/mol. The smallest absolute Gasteiger partial charge is 0.243 e. The molecule has 27 heavy (non-hydrogen) atoms. The van der Waals surface area contributed by atoms with Gasteiger partial charge in [-0.3, -0.25) is 4.79 Å². The Labute approximate surface area is 166 Å². The van der Waals surface area contributed by atoms with Crippen LogP contribution >= 0.6 is 15.9 Å². The molecule has 1 fully saturated rings. The molecule has 0 spiro atoms. The number of anilines is 1. The second kappa shape index (κ2) is 8.50. The van der Waals surface area contributed by atoms with Crippen molar-refractivity contribution in [3.05, 3.63) is 58.8 Å². The Morgan fingerprint density at radius 1 is 1.11 bits per heavy atom. The molecule has 0 radical (unpaired) electrons. The first kappa shape index (κ1) is 20.0. The van der Waals surface area contributed by atoms with Crippen molar-refractivity contribution in [1.82, 2.24) is 4.31 Å². The summed E-state index contributed by atoms with van der Waals surface area (Å²) in [4.78, 5) is 12.5. The van der Waals surface area contributed by atoms with Crippen molar-refractivity contribution in [2.24, 2.45) is 0 Å². The molecular weight excluding hydrogens is 435 g/mol. The number of rotatable bonds is 5. The van der Waals surface area contributed by atoms with Crippen LogP contribution in [0.25, 0.3) is 0 Å². The van der Waals surface area contributed by atoms with Crippen molar-refractivity contribution in [2.75, 3.05) is 11.9 Å². The Hall–Kier alpha value is -1.77. The Morgan fingerprint density at radius 2 is 1.78 bits per heavy atom. The predicted octanol–water partition coefficient (Wildman–Crippen LogP) is 4.16. The molecule has 3 rings (SSSR count). The average Bonchev–Trinajstić information content (AvgIpc) is 2.64. The fraction of sp³-hybridized carbons (Fsp3) is 0.316. The number of nitrogens with zero attached hydrogens (tertiary/aromatic N) is 1. The van der Waals surface area contributed by atoms with Gasteiger partial charge in [0, 0.05) is 29.2 Å². The summed E-state index contributed by atoms with van der Waals surface area (Å²) in [5, 5.41) is 2.80. The van der Waals surface area contributed by atoms with Crippen LogP contribution in [0.4, 0.5) is 10.1 Å². The van der Waals surface area contributed by atoms with Gasteiger partial charge in [0.1, 0.15) is 5.82 Å². The molecule has 144 valence electrons. The maximum atomic E-state index is 13.1. The number of carbonyl (C=O) groups is 1. The highest BCUT2D eigenvalue weighted by Gasteiger charge is 2.34. The topological polar surface area (TPSA) is 66.5 Å². The number of carbonyl (C=O) groups excluding carboxylic acids is 1. The van der Waals surface area contributed by atoms with Crippen molar-refractivity contribution in [3.8, 4) is 0 Å². The molecular formula is C19H20BrFN2O3S.